The van der Waals surface area contributed by atoms with E-state index in [0.29, 0.717) is 12.2 Å². The summed E-state index contributed by atoms with van der Waals surface area (Å²) in [6.07, 6.45) is 0.538. The lowest BCUT2D eigenvalue weighted by Crippen LogP contribution is -2.02. The van der Waals surface area contributed by atoms with Crippen LogP contribution >= 0.6 is 0 Å². The number of aliphatic hydroxyl groups excluding tert-OH is 1. The fourth-order valence-electron chi connectivity index (χ4n) is 1.67. The highest BCUT2D eigenvalue weighted by Gasteiger charge is 2.11. The van der Waals surface area contributed by atoms with Crippen LogP contribution in [0.5, 0.6) is 0 Å². The van der Waals surface area contributed by atoms with Crippen LogP contribution < -0.4 is 5.73 Å². The highest BCUT2D eigenvalue weighted by Crippen LogP contribution is 2.20. The van der Waals surface area contributed by atoms with Gasteiger partial charge in [0.15, 0.2) is 0 Å². The van der Waals surface area contributed by atoms with Gasteiger partial charge in [0.05, 0.1) is 11.4 Å². The normalized spacial score (nSPS) is 10.6. The monoisotopic (exact) mass is 217 g/mol. The van der Waals surface area contributed by atoms with Crippen LogP contribution in [0.25, 0.3) is 5.69 Å². The largest absolute Gasteiger partial charge is 0.396 e. The minimum absolute atomic E-state index is 0.0894. The summed E-state index contributed by atoms with van der Waals surface area (Å²) in [5.74, 6) is 0.634. The van der Waals surface area contributed by atoms with Crippen molar-refractivity contribution in [1.82, 2.24) is 9.78 Å². The second kappa shape index (κ2) is 4.37. The third-order valence-electron chi connectivity index (χ3n) is 2.62. The van der Waals surface area contributed by atoms with E-state index >= 15 is 0 Å². The Morgan fingerprint density at radius 1 is 1.31 bits per heavy atom. The van der Waals surface area contributed by atoms with E-state index in [1.54, 1.807) is 4.68 Å². The summed E-state index contributed by atoms with van der Waals surface area (Å²) in [6.45, 7) is 2.01. The molecule has 0 unspecified atom stereocenters. The SMILES string of the molecule is Cc1c(CCO)nn(-c2ccccc2)c1N. The molecular weight excluding hydrogens is 202 g/mol. The molecule has 0 fully saturated rings. The summed E-state index contributed by atoms with van der Waals surface area (Å²) in [4.78, 5) is 0. The maximum Gasteiger partial charge on any atom is 0.130 e. The summed E-state index contributed by atoms with van der Waals surface area (Å²) in [5.41, 5.74) is 8.72. The number of hydrogen-bond donors (Lipinski definition) is 2. The van der Waals surface area contributed by atoms with Gasteiger partial charge in [0.1, 0.15) is 5.82 Å². The highest BCUT2D eigenvalue weighted by molar-refractivity contribution is 5.49. The lowest BCUT2D eigenvalue weighted by Gasteiger charge is -2.02. The van der Waals surface area contributed by atoms with Crippen molar-refractivity contribution >= 4 is 5.82 Å². The molecule has 0 saturated heterocycles. The second-order valence-corrected chi connectivity index (χ2v) is 3.68. The standard InChI is InChI=1S/C12H15N3O/c1-9-11(7-8-16)14-15(12(9)13)10-5-3-2-4-6-10/h2-6,16H,7-8,13H2,1H3. The maximum atomic E-state index is 8.92. The Balaban J connectivity index is 2.46. The minimum atomic E-state index is 0.0894. The Bertz CT molecular complexity index is 477. The first-order chi connectivity index (χ1) is 7.74. The highest BCUT2D eigenvalue weighted by atomic mass is 16.3. The quantitative estimate of drug-likeness (QED) is 0.814. The topological polar surface area (TPSA) is 64.1 Å². The van der Waals surface area contributed by atoms with Gasteiger partial charge in [-0.15, -0.1) is 0 Å². The van der Waals surface area contributed by atoms with Crippen LogP contribution in [-0.4, -0.2) is 21.5 Å². The number of hydrogen-bond acceptors (Lipinski definition) is 3. The number of nitrogen functional groups attached to an aromatic ring is 1. The van der Waals surface area contributed by atoms with Gasteiger partial charge in [0.25, 0.3) is 0 Å². The predicted molar refractivity (Wildman–Crippen MR) is 63.5 cm³/mol. The van der Waals surface area contributed by atoms with Crippen molar-refractivity contribution in [2.45, 2.75) is 13.3 Å². The predicted octanol–water partition coefficient (Wildman–Crippen LogP) is 1.30. The molecule has 0 bridgehead atoms. The molecule has 3 N–H and O–H groups in total. The van der Waals surface area contributed by atoms with Gasteiger partial charge in [-0.25, -0.2) is 4.68 Å². The van der Waals surface area contributed by atoms with Crippen molar-refractivity contribution in [3.8, 4) is 5.69 Å². The first-order valence-corrected chi connectivity index (χ1v) is 5.24. The van der Waals surface area contributed by atoms with Crippen LogP contribution in [-0.2, 0) is 6.42 Å². The Morgan fingerprint density at radius 2 is 2.00 bits per heavy atom. The molecule has 0 aliphatic rings. The first kappa shape index (κ1) is 10.7. The van der Waals surface area contributed by atoms with Crippen LogP contribution in [0.4, 0.5) is 5.82 Å². The summed E-state index contributed by atoms with van der Waals surface area (Å²) < 4.78 is 1.71. The van der Waals surface area contributed by atoms with Crippen molar-refractivity contribution in [2.75, 3.05) is 12.3 Å². The van der Waals surface area contributed by atoms with Crippen molar-refractivity contribution in [3.63, 3.8) is 0 Å². The fourth-order valence-corrected chi connectivity index (χ4v) is 1.67. The molecule has 4 heteroatoms. The van der Waals surface area contributed by atoms with Gasteiger partial charge in [-0.1, -0.05) is 18.2 Å². The van der Waals surface area contributed by atoms with E-state index in [-0.39, 0.29) is 6.61 Å². The van der Waals surface area contributed by atoms with Crippen molar-refractivity contribution < 1.29 is 5.11 Å². The summed E-state index contributed by atoms with van der Waals surface area (Å²) >= 11 is 0. The van der Waals surface area contributed by atoms with E-state index in [2.05, 4.69) is 5.10 Å². The number of anilines is 1. The molecule has 1 aromatic carbocycles. The molecular formula is C12H15N3O. The van der Waals surface area contributed by atoms with E-state index < -0.39 is 0 Å². The average Bonchev–Trinajstić information content (AvgIpc) is 2.59. The molecule has 2 rings (SSSR count). The van der Waals surface area contributed by atoms with Gasteiger partial charge in [0, 0.05) is 18.6 Å². The molecule has 0 saturated carbocycles. The molecule has 0 amide bonds. The summed E-state index contributed by atoms with van der Waals surface area (Å²) in [7, 11) is 0. The van der Waals surface area contributed by atoms with E-state index in [1.807, 2.05) is 37.3 Å². The van der Waals surface area contributed by atoms with Gasteiger partial charge in [0.2, 0.25) is 0 Å². The van der Waals surface area contributed by atoms with E-state index in [9.17, 15) is 0 Å². The molecule has 16 heavy (non-hydrogen) atoms. The van der Waals surface area contributed by atoms with E-state index in [0.717, 1.165) is 16.9 Å². The van der Waals surface area contributed by atoms with Gasteiger partial charge in [-0.3, -0.25) is 0 Å². The Hall–Kier alpha value is -1.81. The van der Waals surface area contributed by atoms with Crippen LogP contribution in [0.2, 0.25) is 0 Å². The smallest absolute Gasteiger partial charge is 0.130 e. The van der Waals surface area contributed by atoms with E-state index in [4.69, 9.17) is 10.8 Å². The lowest BCUT2D eigenvalue weighted by molar-refractivity contribution is 0.297. The Morgan fingerprint density at radius 3 is 2.62 bits per heavy atom. The summed E-state index contributed by atoms with van der Waals surface area (Å²) in [5, 5.41) is 13.3. The molecule has 0 aliphatic heterocycles. The average molecular weight is 217 g/mol. The zero-order valence-corrected chi connectivity index (χ0v) is 9.22. The van der Waals surface area contributed by atoms with Gasteiger partial charge in [-0.05, 0) is 19.1 Å². The second-order valence-electron chi connectivity index (χ2n) is 3.68. The number of nitrogens with two attached hydrogens (primary N) is 1. The Kier molecular flexibility index (Phi) is 2.92. The molecule has 0 spiro atoms. The maximum absolute atomic E-state index is 8.92. The molecule has 0 atom stereocenters. The number of aromatic nitrogens is 2. The molecule has 84 valence electrons. The number of nitrogens with zero attached hydrogens (tertiary/aromatic N) is 2. The zero-order chi connectivity index (χ0) is 11.5. The van der Waals surface area contributed by atoms with Crippen LogP contribution in [0.3, 0.4) is 0 Å². The number of para-hydroxylation sites is 1. The summed E-state index contributed by atoms with van der Waals surface area (Å²) in [6, 6.07) is 9.73. The minimum Gasteiger partial charge on any atom is -0.396 e. The zero-order valence-electron chi connectivity index (χ0n) is 9.22. The van der Waals surface area contributed by atoms with E-state index in [1.165, 1.54) is 0 Å². The third-order valence-corrected chi connectivity index (χ3v) is 2.62. The molecule has 0 aliphatic carbocycles. The fraction of sp³-hybridized carbons (Fsp3) is 0.250. The van der Waals surface area contributed by atoms with Gasteiger partial charge < -0.3 is 10.8 Å². The van der Waals surface area contributed by atoms with Crippen LogP contribution in [0.15, 0.2) is 30.3 Å². The third kappa shape index (κ3) is 1.79. The number of aliphatic hydroxyl groups is 1. The lowest BCUT2D eigenvalue weighted by atomic mass is 10.2. The van der Waals surface area contributed by atoms with Crippen LogP contribution in [0, 0.1) is 6.92 Å². The molecule has 0 radical (unpaired) electrons. The van der Waals surface area contributed by atoms with Crippen LogP contribution in [0.1, 0.15) is 11.3 Å². The molecule has 4 nitrogen and oxygen atoms in total. The van der Waals surface area contributed by atoms with Crippen molar-refractivity contribution in [2.24, 2.45) is 0 Å². The Labute approximate surface area is 94.3 Å². The molecule has 1 aromatic heterocycles. The molecule has 1 heterocycles. The van der Waals surface area contributed by atoms with Gasteiger partial charge >= 0.3 is 0 Å². The van der Waals surface area contributed by atoms with Crippen molar-refractivity contribution in [3.05, 3.63) is 41.6 Å². The van der Waals surface area contributed by atoms with Crippen molar-refractivity contribution in [1.29, 1.82) is 0 Å². The van der Waals surface area contributed by atoms with Gasteiger partial charge in [-0.2, -0.15) is 5.10 Å². The number of rotatable bonds is 3. The molecule has 2 aromatic rings. The number of benzene rings is 1. The first-order valence-electron chi connectivity index (χ1n) is 5.24.